The highest BCUT2D eigenvalue weighted by Gasteiger charge is 2.25. The van der Waals surface area contributed by atoms with E-state index in [1.54, 1.807) is 18.2 Å². The molecule has 0 bridgehead atoms. The molecule has 1 aliphatic heterocycles. The summed E-state index contributed by atoms with van der Waals surface area (Å²) in [5.41, 5.74) is 3.18. The first kappa shape index (κ1) is 19.8. The van der Waals surface area contributed by atoms with Crippen molar-refractivity contribution in [2.24, 2.45) is 0 Å². The SMILES string of the molecule is O=C(O)Oc1cccc(N2CCN(C(=O)c3c4ccccc4nc4ccccc34)CC2)c1. The minimum absolute atomic E-state index is 0.00223. The lowest BCUT2D eigenvalue weighted by Crippen LogP contribution is -2.48. The molecule has 7 heteroatoms. The molecule has 1 fully saturated rings. The molecule has 32 heavy (non-hydrogen) atoms. The quantitative estimate of drug-likeness (QED) is 0.296. The second kappa shape index (κ2) is 8.19. The Hall–Kier alpha value is -4.13. The van der Waals surface area contributed by atoms with Crippen LogP contribution >= 0.6 is 0 Å². The molecule has 0 aliphatic carbocycles. The molecule has 0 unspecified atom stereocenters. The zero-order chi connectivity index (χ0) is 22.1. The lowest BCUT2D eigenvalue weighted by Gasteiger charge is -2.36. The van der Waals surface area contributed by atoms with Crippen LogP contribution in [0.25, 0.3) is 21.8 Å². The number of rotatable bonds is 3. The maximum absolute atomic E-state index is 13.6. The summed E-state index contributed by atoms with van der Waals surface area (Å²) in [4.78, 5) is 33.2. The average molecular weight is 427 g/mol. The van der Waals surface area contributed by atoms with Gasteiger partial charge < -0.3 is 19.6 Å². The number of hydrogen-bond donors (Lipinski definition) is 1. The number of para-hydroxylation sites is 2. The summed E-state index contributed by atoms with van der Waals surface area (Å²) >= 11 is 0. The normalized spacial score (nSPS) is 14.0. The van der Waals surface area contributed by atoms with E-state index in [9.17, 15) is 9.59 Å². The van der Waals surface area contributed by atoms with Crippen LogP contribution in [-0.2, 0) is 0 Å². The Morgan fingerprint density at radius 2 is 1.44 bits per heavy atom. The predicted molar refractivity (Wildman–Crippen MR) is 122 cm³/mol. The Balaban J connectivity index is 1.40. The molecule has 1 saturated heterocycles. The van der Waals surface area contributed by atoms with Gasteiger partial charge in [0.25, 0.3) is 5.91 Å². The van der Waals surface area contributed by atoms with Crippen LogP contribution in [0.15, 0.2) is 72.8 Å². The zero-order valence-electron chi connectivity index (χ0n) is 17.3. The highest BCUT2D eigenvalue weighted by atomic mass is 16.7. The molecule has 0 radical (unpaired) electrons. The van der Waals surface area contributed by atoms with E-state index in [1.807, 2.05) is 59.5 Å². The van der Waals surface area contributed by atoms with Gasteiger partial charge in [-0.25, -0.2) is 9.78 Å². The van der Waals surface area contributed by atoms with E-state index in [0.29, 0.717) is 31.7 Å². The fourth-order valence-corrected chi connectivity index (χ4v) is 4.24. The van der Waals surface area contributed by atoms with E-state index >= 15 is 0 Å². The number of carboxylic acid groups (broad SMARTS) is 1. The van der Waals surface area contributed by atoms with Crippen LogP contribution in [0.5, 0.6) is 5.75 Å². The van der Waals surface area contributed by atoms with Crippen molar-refractivity contribution >= 4 is 39.6 Å². The maximum atomic E-state index is 13.6. The van der Waals surface area contributed by atoms with Crippen molar-refractivity contribution in [1.29, 1.82) is 0 Å². The molecule has 5 rings (SSSR count). The lowest BCUT2D eigenvalue weighted by molar-refractivity contribution is 0.0750. The molecule has 0 spiro atoms. The minimum Gasteiger partial charge on any atom is -0.449 e. The highest BCUT2D eigenvalue weighted by molar-refractivity contribution is 6.16. The predicted octanol–water partition coefficient (Wildman–Crippen LogP) is 4.41. The summed E-state index contributed by atoms with van der Waals surface area (Å²) < 4.78 is 4.76. The van der Waals surface area contributed by atoms with Gasteiger partial charge in [-0.05, 0) is 24.3 Å². The second-order valence-corrected chi connectivity index (χ2v) is 7.67. The molecule has 4 aromatic rings. The van der Waals surface area contributed by atoms with Gasteiger partial charge in [0.05, 0.1) is 16.6 Å². The number of ether oxygens (including phenoxy) is 1. The summed E-state index contributed by atoms with van der Waals surface area (Å²) in [6, 6.07) is 22.5. The molecule has 1 amide bonds. The Bertz CT molecular complexity index is 1280. The number of piperazine rings is 1. The number of carbonyl (C=O) groups excluding carboxylic acids is 1. The molecule has 3 aromatic carbocycles. The van der Waals surface area contributed by atoms with Crippen molar-refractivity contribution in [1.82, 2.24) is 9.88 Å². The van der Waals surface area contributed by atoms with Gasteiger partial charge in [-0.15, -0.1) is 0 Å². The number of nitrogens with zero attached hydrogens (tertiary/aromatic N) is 3. The first-order valence-corrected chi connectivity index (χ1v) is 10.4. The van der Waals surface area contributed by atoms with E-state index in [-0.39, 0.29) is 11.7 Å². The third kappa shape index (κ3) is 3.69. The number of aromatic nitrogens is 1. The summed E-state index contributed by atoms with van der Waals surface area (Å²) in [6.45, 7) is 2.41. The average Bonchev–Trinajstić information content (AvgIpc) is 2.82. The third-order valence-electron chi connectivity index (χ3n) is 5.76. The Morgan fingerprint density at radius 1 is 0.812 bits per heavy atom. The summed E-state index contributed by atoms with van der Waals surface area (Å²) in [7, 11) is 0. The molecule has 2 heterocycles. The molecule has 160 valence electrons. The highest BCUT2D eigenvalue weighted by Crippen LogP contribution is 2.28. The minimum atomic E-state index is -1.34. The standard InChI is InChI=1S/C25H21N3O4/c29-24(23-19-8-1-3-10-21(19)26-22-11-4-2-9-20(22)23)28-14-12-27(13-15-28)17-6-5-7-18(16-17)32-25(30)31/h1-11,16H,12-15H2,(H,30,31). The van der Waals surface area contributed by atoms with Crippen LogP contribution in [0.4, 0.5) is 10.5 Å². The van der Waals surface area contributed by atoms with Crippen LogP contribution in [0, 0.1) is 0 Å². The van der Waals surface area contributed by atoms with Crippen LogP contribution < -0.4 is 9.64 Å². The van der Waals surface area contributed by atoms with Gasteiger partial charge in [-0.3, -0.25) is 4.79 Å². The van der Waals surface area contributed by atoms with Crippen LogP contribution in [0.2, 0.25) is 0 Å². The number of carbonyl (C=O) groups is 2. The lowest BCUT2D eigenvalue weighted by atomic mass is 10.0. The van der Waals surface area contributed by atoms with E-state index in [0.717, 1.165) is 27.5 Å². The van der Waals surface area contributed by atoms with Crippen molar-refractivity contribution in [2.75, 3.05) is 31.1 Å². The summed E-state index contributed by atoms with van der Waals surface area (Å²) in [5.74, 6) is 0.283. The molecular formula is C25H21N3O4. The summed E-state index contributed by atoms with van der Waals surface area (Å²) in [5, 5.41) is 10.6. The number of pyridine rings is 1. The van der Waals surface area contributed by atoms with Gasteiger partial charge in [0.15, 0.2) is 0 Å². The monoisotopic (exact) mass is 427 g/mol. The zero-order valence-corrected chi connectivity index (χ0v) is 17.3. The number of fused-ring (bicyclic) bond motifs is 2. The van der Waals surface area contributed by atoms with Gasteiger partial charge in [-0.2, -0.15) is 0 Å². The van der Waals surface area contributed by atoms with Crippen molar-refractivity contribution in [3.8, 4) is 5.75 Å². The van der Waals surface area contributed by atoms with Gasteiger partial charge in [0, 0.05) is 48.7 Å². The molecule has 7 nitrogen and oxygen atoms in total. The van der Waals surface area contributed by atoms with Crippen molar-refractivity contribution in [3.63, 3.8) is 0 Å². The second-order valence-electron chi connectivity index (χ2n) is 7.67. The van der Waals surface area contributed by atoms with Gasteiger partial charge in [-0.1, -0.05) is 42.5 Å². The van der Waals surface area contributed by atoms with Crippen molar-refractivity contribution in [2.45, 2.75) is 0 Å². The molecule has 0 saturated carbocycles. The van der Waals surface area contributed by atoms with E-state index in [4.69, 9.17) is 14.8 Å². The molecular weight excluding hydrogens is 406 g/mol. The topological polar surface area (TPSA) is 83.0 Å². The van der Waals surface area contributed by atoms with Crippen molar-refractivity contribution in [3.05, 3.63) is 78.4 Å². The fraction of sp³-hybridized carbons (Fsp3) is 0.160. The number of anilines is 1. The van der Waals surface area contributed by atoms with Crippen LogP contribution in [-0.4, -0.2) is 53.2 Å². The number of benzene rings is 3. The molecule has 1 N–H and O–H groups in total. The van der Waals surface area contributed by atoms with Crippen LogP contribution in [0.1, 0.15) is 10.4 Å². The largest absolute Gasteiger partial charge is 0.511 e. The first-order chi connectivity index (χ1) is 15.6. The summed E-state index contributed by atoms with van der Waals surface area (Å²) in [6.07, 6.45) is -1.34. The van der Waals surface area contributed by atoms with Gasteiger partial charge in [0.1, 0.15) is 5.75 Å². The van der Waals surface area contributed by atoms with E-state index in [1.165, 1.54) is 0 Å². The molecule has 0 atom stereocenters. The van der Waals surface area contributed by atoms with E-state index < -0.39 is 6.16 Å². The maximum Gasteiger partial charge on any atom is 0.511 e. The smallest absolute Gasteiger partial charge is 0.449 e. The Morgan fingerprint density at radius 3 is 2.06 bits per heavy atom. The third-order valence-corrected chi connectivity index (χ3v) is 5.76. The molecule has 1 aliphatic rings. The number of hydrogen-bond acceptors (Lipinski definition) is 5. The Labute approximate surface area is 184 Å². The van der Waals surface area contributed by atoms with Gasteiger partial charge in [0.2, 0.25) is 0 Å². The first-order valence-electron chi connectivity index (χ1n) is 10.4. The molecule has 1 aromatic heterocycles. The fourth-order valence-electron chi connectivity index (χ4n) is 4.24. The number of amides is 1. The van der Waals surface area contributed by atoms with Crippen molar-refractivity contribution < 1.29 is 19.4 Å². The van der Waals surface area contributed by atoms with Gasteiger partial charge >= 0.3 is 6.16 Å². The van der Waals surface area contributed by atoms with Crippen LogP contribution in [0.3, 0.4) is 0 Å². The van der Waals surface area contributed by atoms with E-state index in [2.05, 4.69) is 4.90 Å². The Kier molecular flexibility index (Phi) is 5.07.